The maximum atomic E-state index is 13.4. The molecule has 0 spiro atoms. The van der Waals surface area contributed by atoms with Gasteiger partial charge in [0.25, 0.3) is 11.6 Å². The van der Waals surface area contributed by atoms with Gasteiger partial charge in [0.15, 0.2) is 0 Å². The van der Waals surface area contributed by atoms with Gasteiger partial charge in [-0.3, -0.25) is 14.9 Å². The number of amides is 1. The minimum Gasteiger partial charge on any atom is -0.336 e. The third kappa shape index (κ3) is 3.73. The van der Waals surface area contributed by atoms with Gasteiger partial charge in [-0.2, -0.15) is 4.31 Å². The first-order chi connectivity index (χ1) is 13.2. The minimum absolute atomic E-state index is 0.0181. The van der Waals surface area contributed by atoms with Gasteiger partial charge in [0.1, 0.15) is 11.4 Å². The molecule has 10 heteroatoms. The Morgan fingerprint density at radius 3 is 2.36 bits per heavy atom. The lowest BCUT2D eigenvalue weighted by molar-refractivity contribution is -0.385. The zero-order chi connectivity index (χ0) is 20.5. The van der Waals surface area contributed by atoms with Gasteiger partial charge in [-0.1, -0.05) is 18.2 Å². The van der Waals surface area contributed by atoms with Crippen molar-refractivity contribution in [1.82, 2.24) is 9.21 Å². The van der Waals surface area contributed by atoms with Gasteiger partial charge < -0.3 is 4.90 Å². The normalized spacial score (nSPS) is 15.4. The van der Waals surface area contributed by atoms with Crippen molar-refractivity contribution >= 4 is 21.6 Å². The number of para-hydroxylation sites is 1. The zero-order valence-electron chi connectivity index (χ0n) is 15.0. The van der Waals surface area contributed by atoms with E-state index < -0.39 is 26.7 Å². The van der Waals surface area contributed by atoms with Crippen LogP contribution in [0.4, 0.5) is 10.1 Å². The largest absolute Gasteiger partial charge is 0.336 e. The third-order valence-corrected chi connectivity index (χ3v) is 6.51. The van der Waals surface area contributed by atoms with Crippen molar-refractivity contribution in [1.29, 1.82) is 0 Å². The highest BCUT2D eigenvalue weighted by molar-refractivity contribution is 7.89. The molecule has 1 aliphatic heterocycles. The molecule has 0 saturated carbocycles. The van der Waals surface area contributed by atoms with Gasteiger partial charge in [0.05, 0.1) is 9.82 Å². The number of nitrogens with zero attached hydrogens (tertiary/aromatic N) is 3. The van der Waals surface area contributed by atoms with E-state index in [1.165, 1.54) is 27.4 Å². The van der Waals surface area contributed by atoms with Crippen LogP contribution in [0.3, 0.4) is 0 Å². The fourth-order valence-corrected chi connectivity index (χ4v) is 4.61. The maximum absolute atomic E-state index is 13.4. The number of halogens is 1. The summed E-state index contributed by atoms with van der Waals surface area (Å²) < 4.78 is 39.8. The molecular weight excluding hydrogens is 389 g/mol. The molecule has 1 aliphatic rings. The van der Waals surface area contributed by atoms with Crippen molar-refractivity contribution in [2.75, 3.05) is 26.2 Å². The summed E-state index contributed by atoms with van der Waals surface area (Å²) in [5.74, 6) is -1.17. The van der Waals surface area contributed by atoms with E-state index in [4.69, 9.17) is 0 Å². The van der Waals surface area contributed by atoms with Crippen LogP contribution in [0.15, 0.2) is 47.4 Å². The maximum Gasteiger partial charge on any atom is 0.285 e. The smallest absolute Gasteiger partial charge is 0.285 e. The first-order valence-electron chi connectivity index (χ1n) is 8.51. The average Bonchev–Trinajstić information content (AvgIpc) is 2.67. The molecule has 148 valence electrons. The molecule has 1 saturated heterocycles. The van der Waals surface area contributed by atoms with Gasteiger partial charge in [0, 0.05) is 31.7 Å². The molecule has 1 fully saturated rings. The molecule has 0 bridgehead atoms. The van der Waals surface area contributed by atoms with E-state index in [0.29, 0.717) is 5.56 Å². The number of aryl methyl sites for hydroxylation is 1. The second-order valence-electron chi connectivity index (χ2n) is 6.38. The first-order valence-corrected chi connectivity index (χ1v) is 9.95. The van der Waals surface area contributed by atoms with E-state index in [1.807, 2.05) is 0 Å². The highest BCUT2D eigenvalue weighted by Crippen LogP contribution is 2.25. The molecule has 2 aromatic carbocycles. The molecule has 1 amide bonds. The van der Waals surface area contributed by atoms with Gasteiger partial charge >= 0.3 is 0 Å². The fraction of sp³-hybridized carbons (Fsp3) is 0.278. The third-order valence-electron chi connectivity index (χ3n) is 4.61. The summed E-state index contributed by atoms with van der Waals surface area (Å²) in [5, 5.41) is 11.3. The monoisotopic (exact) mass is 407 g/mol. The van der Waals surface area contributed by atoms with Crippen LogP contribution in [-0.4, -0.2) is 54.6 Å². The van der Waals surface area contributed by atoms with E-state index in [9.17, 15) is 27.7 Å². The van der Waals surface area contributed by atoms with E-state index >= 15 is 0 Å². The van der Waals surface area contributed by atoms with Crippen LogP contribution in [0.2, 0.25) is 0 Å². The Bertz CT molecular complexity index is 1030. The summed E-state index contributed by atoms with van der Waals surface area (Å²) in [6, 6.07) is 9.25. The predicted octanol–water partition coefficient (Wildman–Crippen LogP) is 2.19. The Kier molecular flexibility index (Phi) is 5.43. The Hall–Kier alpha value is -2.85. The number of hydrogen-bond donors (Lipinski definition) is 0. The van der Waals surface area contributed by atoms with Crippen LogP contribution in [0.1, 0.15) is 15.9 Å². The van der Waals surface area contributed by atoms with Gasteiger partial charge in [-0.15, -0.1) is 0 Å². The number of hydrogen-bond acceptors (Lipinski definition) is 5. The van der Waals surface area contributed by atoms with Crippen molar-refractivity contribution in [3.63, 3.8) is 0 Å². The number of benzene rings is 2. The molecule has 0 aliphatic carbocycles. The van der Waals surface area contributed by atoms with Crippen molar-refractivity contribution in [3.05, 3.63) is 69.5 Å². The van der Waals surface area contributed by atoms with Crippen molar-refractivity contribution in [3.8, 4) is 0 Å². The number of carbonyl (C=O) groups is 1. The molecule has 0 atom stereocenters. The van der Waals surface area contributed by atoms with Crippen LogP contribution in [0.25, 0.3) is 0 Å². The Morgan fingerprint density at radius 2 is 1.75 bits per heavy atom. The lowest BCUT2D eigenvalue weighted by Crippen LogP contribution is -2.50. The SMILES string of the molecule is Cc1cccc(C(=O)N2CCN(S(=O)(=O)c3cccc(F)c3)CC2)c1[N+](=O)[O-]. The summed E-state index contributed by atoms with van der Waals surface area (Å²) in [6.07, 6.45) is 0. The fourth-order valence-electron chi connectivity index (χ4n) is 3.15. The van der Waals surface area contributed by atoms with Crippen molar-refractivity contribution < 1.29 is 22.5 Å². The molecule has 2 aromatic rings. The van der Waals surface area contributed by atoms with Gasteiger partial charge in [-0.05, 0) is 31.2 Å². The number of nitro benzene ring substituents is 1. The summed E-state index contributed by atoms with van der Waals surface area (Å²) >= 11 is 0. The van der Waals surface area contributed by atoms with Gasteiger partial charge in [0.2, 0.25) is 10.0 Å². The standard InChI is InChI=1S/C18H18FN3O5S/c1-13-4-2-7-16(17(13)22(24)25)18(23)20-8-10-21(11-9-20)28(26,27)15-6-3-5-14(19)12-15/h2-7,12H,8-11H2,1H3. The molecule has 0 radical (unpaired) electrons. The second kappa shape index (κ2) is 7.64. The van der Waals surface area contributed by atoms with Gasteiger partial charge in [-0.25, -0.2) is 12.8 Å². The van der Waals surface area contributed by atoms with Crippen LogP contribution in [0, 0.1) is 22.9 Å². The molecule has 1 heterocycles. The van der Waals surface area contributed by atoms with E-state index in [0.717, 1.165) is 12.1 Å². The minimum atomic E-state index is -3.88. The quantitative estimate of drug-likeness (QED) is 0.571. The molecule has 0 unspecified atom stereocenters. The lowest BCUT2D eigenvalue weighted by atomic mass is 10.1. The molecule has 8 nitrogen and oxygen atoms in total. The predicted molar refractivity (Wildman–Crippen MR) is 98.9 cm³/mol. The average molecular weight is 407 g/mol. The Balaban J connectivity index is 1.77. The molecular formula is C18H18FN3O5S. The number of nitro groups is 1. The van der Waals surface area contributed by atoms with Crippen molar-refractivity contribution in [2.24, 2.45) is 0 Å². The zero-order valence-corrected chi connectivity index (χ0v) is 15.9. The summed E-state index contributed by atoms with van der Waals surface area (Å²) in [7, 11) is -3.88. The number of carbonyl (C=O) groups excluding carboxylic acids is 1. The Morgan fingerprint density at radius 1 is 1.11 bits per heavy atom. The highest BCUT2D eigenvalue weighted by atomic mass is 32.2. The topological polar surface area (TPSA) is 101 Å². The summed E-state index contributed by atoms with van der Waals surface area (Å²) in [6.45, 7) is 1.75. The number of rotatable bonds is 4. The van der Waals surface area contributed by atoms with Crippen LogP contribution in [0.5, 0.6) is 0 Å². The van der Waals surface area contributed by atoms with E-state index in [-0.39, 0.29) is 42.3 Å². The molecule has 28 heavy (non-hydrogen) atoms. The lowest BCUT2D eigenvalue weighted by Gasteiger charge is -2.34. The van der Waals surface area contributed by atoms with Crippen LogP contribution in [-0.2, 0) is 10.0 Å². The highest BCUT2D eigenvalue weighted by Gasteiger charge is 2.33. The molecule has 3 rings (SSSR count). The van der Waals surface area contributed by atoms with Crippen molar-refractivity contribution in [2.45, 2.75) is 11.8 Å². The number of piperazine rings is 1. The second-order valence-corrected chi connectivity index (χ2v) is 8.32. The van der Waals surface area contributed by atoms with E-state index in [1.54, 1.807) is 19.1 Å². The molecule has 0 aromatic heterocycles. The molecule has 0 N–H and O–H groups in total. The summed E-state index contributed by atoms with van der Waals surface area (Å²) in [5.41, 5.74) is 0.108. The first kappa shape index (κ1) is 19.9. The Labute approximate surface area is 161 Å². The van der Waals surface area contributed by atoms with Crippen LogP contribution >= 0.6 is 0 Å². The van der Waals surface area contributed by atoms with Crippen LogP contribution < -0.4 is 0 Å². The number of sulfonamides is 1. The summed E-state index contributed by atoms with van der Waals surface area (Å²) in [4.78, 5) is 24.7. The van der Waals surface area contributed by atoms with E-state index in [2.05, 4.69) is 0 Å².